The summed E-state index contributed by atoms with van der Waals surface area (Å²) in [5, 5.41) is 10.2. The third-order valence-electron chi connectivity index (χ3n) is 5.20. The van der Waals surface area contributed by atoms with Crippen LogP contribution >= 0.6 is 58.0 Å². The van der Waals surface area contributed by atoms with Gasteiger partial charge in [-0.3, -0.25) is 5.01 Å². The molecule has 0 radical (unpaired) electrons. The number of halogens is 3. The van der Waals surface area contributed by atoms with Gasteiger partial charge in [-0.2, -0.15) is 5.10 Å². The van der Waals surface area contributed by atoms with Crippen LogP contribution in [0.3, 0.4) is 0 Å². The van der Waals surface area contributed by atoms with Gasteiger partial charge in [-0.15, -0.1) is 0 Å². The van der Waals surface area contributed by atoms with Crippen LogP contribution in [0.2, 0.25) is 10.0 Å². The fourth-order valence-corrected chi connectivity index (χ4v) is 4.80. The highest BCUT2D eigenvalue weighted by Gasteiger charge is 2.32. The summed E-state index contributed by atoms with van der Waals surface area (Å²) < 4.78 is 1.20. The molecule has 2 aromatic rings. The molecule has 1 unspecified atom stereocenters. The lowest BCUT2D eigenvalue weighted by molar-refractivity contribution is 0.197. The van der Waals surface area contributed by atoms with E-state index in [1.54, 1.807) is 6.07 Å². The molecular formula is C21H21Cl2IN4S. The van der Waals surface area contributed by atoms with Gasteiger partial charge in [0.1, 0.15) is 4.99 Å². The summed E-state index contributed by atoms with van der Waals surface area (Å²) in [5.74, 6) is 0. The number of thiocarbonyl (C=S) groups is 1. The Morgan fingerprint density at radius 1 is 1.07 bits per heavy atom. The van der Waals surface area contributed by atoms with E-state index in [0.717, 1.165) is 30.9 Å². The predicted molar refractivity (Wildman–Crippen MR) is 134 cm³/mol. The molecule has 1 N–H and O–H groups in total. The third-order valence-corrected chi connectivity index (χ3v) is 6.78. The van der Waals surface area contributed by atoms with Crippen LogP contribution in [0.25, 0.3) is 0 Å². The van der Waals surface area contributed by atoms with E-state index in [9.17, 15) is 0 Å². The van der Waals surface area contributed by atoms with Gasteiger partial charge in [0, 0.05) is 28.1 Å². The van der Waals surface area contributed by atoms with Gasteiger partial charge in [0.2, 0.25) is 0 Å². The van der Waals surface area contributed by atoms with Crippen LogP contribution in [0.4, 0.5) is 5.69 Å². The molecular weight excluding hydrogens is 538 g/mol. The van der Waals surface area contributed by atoms with Crippen LogP contribution in [0.15, 0.2) is 47.6 Å². The summed E-state index contributed by atoms with van der Waals surface area (Å²) in [6.07, 6.45) is 4.39. The smallest absolute Gasteiger partial charge is 0.137 e. The van der Waals surface area contributed by atoms with Crippen molar-refractivity contribution in [3.05, 3.63) is 61.6 Å². The fraction of sp³-hybridized carbons (Fsp3) is 0.333. The summed E-state index contributed by atoms with van der Waals surface area (Å²) >= 11 is 20.6. The zero-order chi connectivity index (χ0) is 20.4. The van der Waals surface area contributed by atoms with Crippen LogP contribution in [0, 0.1) is 3.57 Å². The molecule has 152 valence electrons. The highest BCUT2D eigenvalue weighted by atomic mass is 127. The number of benzene rings is 2. The number of piperidine rings is 1. The van der Waals surface area contributed by atoms with Crippen LogP contribution in [-0.4, -0.2) is 28.8 Å². The molecule has 0 aliphatic carbocycles. The minimum Gasteiger partial charge on any atom is -0.308 e. The van der Waals surface area contributed by atoms with Crippen molar-refractivity contribution in [2.45, 2.75) is 31.7 Å². The van der Waals surface area contributed by atoms with Gasteiger partial charge in [0.15, 0.2) is 0 Å². The summed E-state index contributed by atoms with van der Waals surface area (Å²) in [5.41, 5.74) is 6.27. The summed E-state index contributed by atoms with van der Waals surface area (Å²) in [6.45, 7) is 2.03. The second-order valence-corrected chi connectivity index (χ2v) is 9.74. The Labute approximate surface area is 200 Å². The first-order chi connectivity index (χ1) is 14.0. The molecule has 2 aromatic carbocycles. The van der Waals surface area contributed by atoms with E-state index in [-0.39, 0.29) is 6.04 Å². The highest BCUT2D eigenvalue weighted by molar-refractivity contribution is 14.1. The number of hydrogen-bond donors (Lipinski definition) is 1. The average molecular weight is 559 g/mol. The quantitative estimate of drug-likeness (QED) is 0.356. The summed E-state index contributed by atoms with van der Waals surface area (Å²) in [4.78, 5) is 0.690. The molecule has 2 aliphatic rings. The molecule has 2 aliphatic heterocycles. The summed E-state index contributed by atoms with van der Waals surface area (Å²) in [7, 11) is 0. The largest absolute Gasteiger partial charge is 0.308 e. The monoisotopic (exact) mass is 558 g/mol. The Balaban J connectivity index is 1.62. The molecule has 8 heteroatoms. The van der Waals surface area contributed by atoms with Crippen LogP contribution < -0.4 is 10.4 Å². The standard InChI is InChI=1S/C21H21Cl2IN4S/c22-15-6-9-19(17(23)12-15)28-20(14-4-7-16(24)8-5-14)13-18(25-28)21(29)26-27-10-2-1-3-11-27/h4-9,12,20H,1-3,10-11,13H2,(H,26,29). The van der Waals surface area contributed by atoms with E-state index < -0.39 is 0 Å². The molecule has 2 heterocycles. The number of rotatable bonds is 4. The van der Waals surface area contributed by atoms with Gasteiger partial charge in [0.05, 0.1) is 22.5 Å². The van der Waals surface area contributed by atoms with Crippen molar-refractivity contribution in [3.8, 4) is 0 Å². The fourth-order valence-electron chi connectivity index (χ4n) is 3.69. The lowest BCUT2D eigenvalue weighted by Gasteiger charge is -2.27. The molecule has 1 saturated heterocycles. The van der Waals surface area contributed by atoms with Gasteiger partial charge in [-0.1, -0.05) is 54.0 Å². The molecule has 1 fully saturated rings. The van der Waals surface area contributed by atoms with Gasteiger partial charge in [-0.05, 0) is 71.3 Å². The number of nitrogens with zero attached hydrogens (tertiary/aromatic N) is 3. The molecule has 1 atom stereocenters. The number of nitrogens with one attached hydrogen (secondary N) is 1. The van der Waals surface area contributed by atoms with Crippen molar-refractivity contribution in [2.75, 3.05) is 18.1 Å². The maximum absolute atomic E-state index is 6.52. The van der Waals surface area contributed by atoms with Crippen molar-refractivity contribution in [2.24, 2.45) is 5.10 Å². The minimum atomic E-state index is 0.0294. The number of hydrazone groups is 1. The number of hydrogen-bond acceptors (Lipinski definition) is 4. The SMILES string of the molecule is S=C(NN1CCCCC1)C1=NN(c2ccc(Cl)cc2Cl)C(c2ccc(I)cc2)C1. The van der Waals surface area contributed by atoms with E-state index in [2.05, 4.69) is 57.3 Å². The van der Waals surface area contributed by atoms with E-state index in [1.807, 2.05) is 17.1 Å². The molecule has 29 heavy (non-hydrogen) atoms. The zero-order valence-electron chi connectivity index (χ0n) is 15.7. The molecule has 4 rings (SSSR count). The molecule has 0 amide bonds. The summed E-state index contributed by atoms with van der Waals surface area (Å²) in [6, 6.07) is 14.0. The molecule has 0 saturated carbocycles. The maximum Gasteiger partial charge on any atom is 0.137 e. The Hall–Kier alpha value is -0.930. The zero-order valence-corrected chi connectivity index (χ0v) is 20.2. The first kappa shape index (κ1) is 21.3. The van der Waals surface area contributed by atoms with Crippen LogP contribution in [0.1, 0.15) is 37.3 Å². The Morgan fingerprint density at radius 2 is 1.79 bits per heavy atom. The molecule has 0 spiro atoms. The number of anilines is 1. The van der Waals surface area contributed by atoms with E-state index >= 15 is 0 Å². The van der Waals surface area contributed by atoms with Gasteiger partial charge in [0.25, 0.3) is 0 Å². The van der Waals surface area contributed by atoms with Crippen molar-refractivity contribution in [3.63, 3.8) is 0 Å². The number of hydrazine groups is 1. The highest BCUT2D eigenvalue weighted by Crippen LogP contribution is 2.39. The minimum absolute atomic E-state index is 0.0294. The van der Waals surface area contributed by atoms with E-state index in [0.29, 0.717) is 15.0 Å². The van der Waals surface area contributed by atoms with Gasteiger partial charge < -0.3 is 5.43 Å². The molecule has 0 bridgehead atoms. The normalized spacial score (nSPS) is 19.9. The second-order valence-electron chi connectivity index (χ2n) is 7.25. The topological polar surface area (TPSA) is 30.9 Å². The van der Waals surface area contributed by atoms with Gasteiger partial charge >= 0.3 is 0 Å². The van der Waals surface area contributed by atoms with Crippen molar-refractivity contribution in [1.29, 1.82) is 0 Å². The molecule has 4 nitrogen and oxygen atoms in total. The Kier molecular flexibility index (Phi) is 6.96. The Bertz CT molecular complexity index is 929. The second kappa shape index (κ2) is 9.47. The average Bonchev–Trinajstić information content (AvgIpc) is 3.14. The van der Waals surface area contributed by atoms with Crippen molar-refractivity contribution < 1.29 is 0 Å². The predicted octanol–water partition coefficient (Wildman–Crippen LogP) is 6.22. The lowest BCUT2D eigenvalue weighted by Crippen LogP contribution is -2.46. The van der Waals surface area contributed by atoms with Crippen LogP contribution in [0.5, 0.6) is 0 Å². The maximum atomic E-state index is 6.52. The lowest BCUT2D eigenvalue weighted by atomic mass is 10.0. The first-order valence-corrected chi connectivity index (χ1v) is 11.9. The Morgan fingerprint density at radius 3 is 2.48 bits per heavy atom. The first-order valence-electron chi connectivity index (χ1n) is 9.64. The van der Waals surface area contributed by atoms with Gasteiger partial charge in [-0.25, -0.2) is 5.01 Å². The van der Waals surface area contributed by atoms with E-state index in [1.165, 1.54) is 28.4 Å². The van der Waals surface area contributed by atoms with E-state index in [4.69, 9.17) is 40.5 Å². The molecule has 0 aromatic heterocycles. The van der Waals surface area contributed by atoms with Crippen molar-refractivity contribution >= 4 is 74.4 Å². The van der Waals surface area contributed by atoms with Crippen LogP contribution in [-0.2, 0) is 0 Å². The van der Waals surface area contributed by atoms with Crippen molar-refractivity contribution in [1.82, 2.24) is 10.4 Å². The third kappa shape index (κ3) is 5.05.